The van der Waals surface area contributed by atoms with E-state index in [1.807, 2.05) is 6.92 Å². The Hall–Kier alpha value is -1.10. The van der Waals surface area contributed by atoms with Crippen molar-refractivity contribution in [3.05, 3.63) is 0 Å². The molecule has 1 amide bonds. The van der Waals surface area contributed by atoms with Gasteiger partial charge in [0.05, 0.1) is 0 Å². The Kier molecular flexibility index (Phi) is 2.56. The Balaban J connectivity index is 2.57. The molecule has 1 heterocycles. The van der Waals surface area contributed by atoms with Crippen LogP contribution in [0.25, 0.3) is 0 Å². The maximum Gasteiger partial charge on any atom is 0.348 e. The largest absolute Gasteiger partial charge is 0.479 e. The molecule has 0 aromatic heterocycles. The molecule has 2 unspecified atom stereocenters. The highest BCUT2D eigenvalue weighted by molar-refractivity contribution is 6.08. The maximum atomic E-state index is 10.8. The van der Waals surface area contributed by atoms with Gasteiger partial charge in [-0.15, -0.1) is 0 Å². The van der Waals surface area contributed by atoms with E-state index in [1.54, 1.807) is 0 Å². The van der Waals surface area contributed by atoms with E-state index in [4.69, 9.17) is 15.6 Å². The van der Waals surface area contributed by atoms with Gasteiger partial charge in [-0.3, -0.25) is 4.79 Å². The zero-order chi connectivity index (χ0) is 10.1. The molecule has 13 heavy (non-hydrogen) atoms. The van der Waals surface area contributed by atoms with Crippen LogP contribution in [0.15, 0.2) is 0 Å². The van der Waals surface area contributed by atoms with Crippen LogP contribution in [0.4, 0.5) is 0 Å². The number of hydrogen-bond donors (Lipinski definition) is 2. The molecule has 3 N–H and O–H groups in total. The van der Waals surface area contributed by atoms with Gasteiger partial charge >= 0.3 is 5.97 Å². The first-order valence-electron chi connectivity index (χ1n) is 4.26. The summed E-state index contributed by atoms with van der Waals surface area (Å²) in [6.07, 6.45) is 1.83. The van der Waals surface area contributed by atoms with E-state index < -0.39 is 23.6 Å². The average Bonchev–Trinajstić information content (AvgIpc) is 2.76. The van der Waals surface area contributed by atoms with Crippen molar-refractivity contribution in [2.75, 3.05) is 0 Å². The van der Waals surface area contributed by atoms with Gasteiger partial charge in [0.15, 0.2) is 0 Å². The second-order valence-corrected chi connectivity index (χ2v) is 3.15. The highest BCUT2D eigenvalue weighted by Gasteiger charge is 2.67. The Morgan fingerprint density at radius 2 is 2.23 bits per heavy atom. The molecule has 1 saturated heterocycles. The lowest BCUT2D eigenvalue weighted by molar-refractivity contribution is -0.147. The van der Waals surface area contributed by atoms with E-state index >= 15 is 0 Å². The standard InChI is InChI=1S/C8H13NO4/c1-2-3-4-5-8(13-5,6(9)10)7(11)12/h5H,2-4H2,1H3,(H2,9,10)(H,11,12). The van der Waals surface area contributed by atoms with Crippen LogP contribution in [-0.4, -0.2) is 28.7 Å². The van der Waals surface area contributed by atoms with Crippen molar-refractivity contribution in [1.29, 1.82) is 0 Å². The summed E-state index contributed by atoms with van der Waals surface area (Å²) < 4.78 is 4.86. The molecule has 0 spiro atoms. The first-order valence-corrected chi connectivity index (χ1v) is 4.26. The Bertz CT molecular complexity index is 224. The smallest absolute Gasteiger partial charge is 0.348 e. The number of unbranched alkanes of at least 4 members (excludes halogenated alkanes) is 1. The van der Waals surface area contributed by atoms with Crippen LogP contribution in [0.2, 0.25) is 0 Å². The van der Waals surface area contributed by atoms with Gasteiger partial charge in [-0.05, 0) is 6.42 Å². The van der Waals surface area contributed by atoms with Gasteiger partial charge in [0.25, 0.3) is 11.5 Å². The molecule has 2 atom stereocenters. The molecule has 1 fully saturated rings. The van der Waals surface area contributed by atoms with Crippen molar-refractivity contribution in [3.63, 3.8) is 0 Å². The zero-order valence-electron chi connectivity index (χ0n) is 7.45. The SMILES string of the molecule is CCCCC1OC1(C(N)=O)C(=O)O. The van der Waals surface area contributed by atoms with Crippen molar-refractivity contribution in [1.82, 2.24) is 0 Å². The van der Waals surface area contributed by atoms with Crippen molar-refractivity contribution >= 4 is 11.9 Å². The molecule has 0 bridgehead atoms. The molecular weight excluding hydrogens is 174 g/mol. The molecule has 0 aromatic rings. The fourth-order valence-electron chi connectivity index (χ4n) is 1.35. The minimum absolute atomic E-state index is 0.526. The average molecular weight is 187 g/mol. The molecule has 74 valence electrons. The lowest BCUT2D eigenvalue weighted by atomic mass is 10.0. The minimum atomic E-state index is -1.73. The summed E-state index contributed by atoms with van der Waals surface area (Å²) in [5.74, 6) is -2.18. The summed E-state index contributed by atoms with van der Waals surface area (Å²) in [6.45, 7) is 1.98. The molecule has 1 aliphatic rings. The van der Waals surface area contributed by atoms with E-state index in [0.717, 1.165) is 12.8 Å². The van der Waals surface area contributed by atoms with Crippen LogP contribution in [-0.2, 0) is 14.3 Å². The number of carboxylic acid groups (broad SMARTS) is 1. The number of primary amides is 1. The number of aliphatic carboxylic acids is 1. The van der Waals surface area contributed by atoms with Crippen molar-refractivity contribution in [2.24, 2.45) is 5.73 Å². The Morgan fingerprint density at radius 3 is 2.54 bits per heavy atom. The van der Waals surface area contributed by atoms with Gasteiger partial charge in [0.1, 0.15) is 6.10 Å². The third-order valence-electron chi connectivity index (χ3n) is 2.23. The van der Waals surface area contributed by atoms with Gasteiger partial charge in [0, 0.05) is 0 Å². The lowest BCUT2D eigenvalue weighted by Crippen LogP contribution is -2.41. The number of carboxylic acids is 1. The fraction of sp³-hybridized carbons (Fsp3) is 0.750. The topological polar surface area (TPSA) is 92.9 Å². The number of rotatable bonds is 5. The predicted octanol–water partition coefficient (Wildman–Crippen LogP) is -0.116. The summed E-state index contributed by atoms with van der Waals surface area (Å²) in [5, 5.41) is 8.72. The van der Waals surface area contributed by atoms with Gasteiger partial charge < -0.3 is 15.6 Å². The van der Waals surface area contributed by atoms with Gasteiger partial charge in [0.2, 0.25) is 0 Å². The summed E-state index contributed by atoms with van der Waals surface area (Å²) >= 11 is 0. The zero-order valence-corrected chi connectivity index (χ0v) is 7.45. The Morgan fingerprint density at radius 1 is 1.62 bits per heavy atom. The number of hydrogen-bond acceptors (Lipinski definition) is 3. The van der Waals surface area contributed by atoms with E-state index in [2.05, 4.69) is 0 Å². The summed E-state index contributed by atoms with van der Waals surface area (Å²) in [6, 6.07) is 0. The summed E-state index contributed by atoms with van der Waals surface area (Å²) in [5.41, 5.74) is 3.22. The minimum Gasteiger partial charge on any atom is -0.479 e. The van der Waals surface area contributed by atoms with Gasteiger partial charge in [-0.1, -0.05) is 19.8 Å². The van der Waals surface area contributed by atoms with Gasteiger partial charge in [-0.25, -0.2) is 4.79 Å². The van der Waals surface area contributed by atoms with Crippen LogP contribution in [0.5, 0.6) is 0 Å². The molecule has 5 nitrogen and oxygen atoms in total. The molecule has 0 saturated carbocycles. The van der Waals surface area contributed by atoms with Crippen LogP contribution < -0.4 is 5.73 Å². The predicted molar refractivity (Wildman–Crippen MR) is 44.0 cm³/mol. The Labute approximate surface area is 75.9 Å². The van der Waals surface area contributed by atoms with Crippen LogP contribution in [0.3, 0.4) is 0 Å². The third-order valence-corrected chi connectivity index (χ3v) is 2.23. The molecule has 1 aliphatic heterocycles. The lowest BCUT2D eigenvalue weighted by Gasteiger charge is -2.00. The molecule has 0 aromatic carbocycles. The first-order chi connectivity index (χ1) is 6.05. The van der Waals surface area contributed by atoms with Crippen molar-refractivity contribution in [3.8, 4) is 0 Å². The normalized spacial score (nSPS) is 31.3. The summed E-state index contributed by atoms with van der Waals surface area (Å²) in [4.78, 5) is 21.5. The molecule has 0 aliphatic carbocycles. The number of nitrogens with two attached hydrogens (primary N) is 1. The van der Waals surface area contributed by atoms with E-state index in [9.17, 15) is 9.59 Å². The van der Waals surface area contributed by atoms with Crippen LogP contribution >= 0.6 is 0 Å². The highest BCUT2D eigenvalue weighted by atomic mass is 16.6. The van der Waals surface area contributed by atoms with E-state index in [0.29, 0.717) is 6.42 Å². The quantitative estimate of drug-likeness (QED) is 0.463. The van der Waals surface area contributed by atoms with Crippen molar-refractivity contribution < 1.29 is 19.4 Å². The molecule has 0 radical (unpaired) electrons. The van der Waals surface area contributed by atoms with Gasteiger partial charge in [-0.2, -0.15) is 0 Å². The van der Waals surface area contributed by atoms with Crippen molar-refractivity contribution in [2.45, 2.75) is 37.9 Å². The van der Waals surface area contributed by atoms with Crippen LogP contribution in [0.1, 0.15) is 26.2 Å². The first kappa shape index (κ1) is 9.98. The van der Waals surface area contributed by atoms with E-state index in [-0.39, 0.29) is 0 Å². The number of epoxide rings is 1. The number of carbonyl (C=O) groups is 2. The fourth-order valence-corrected chi connectivity index (χ4v) is 1.35. The number of amides is 1. The highest BCUT2D eigenvalue weighted by Crippen LogP contribution is 2.39. The molecule has 5 heteroatoms. The molecule has 1 rings (SSSR count). The number of ether oxygens (including phenoxy) is 1. The summed E-state index contributed by atoms with van der Waals surface area (Å²) in [7, 11) is 0. The van der Waals surface area contributed by atoms with E-state index in [1.165, 1.54) is 0 Å². The third kappa shape index (κ3) is 1.51. The molecular formula is C8H13NO4. The second-order valence-electron chi connectivity index (χ2n) is 3.15. The monoisotopic (exact) mass is 187 g/mol. The second kappa shape index (κ2) is 3.33. The van der Waals surface area contributed by atoms with Crippen LogP contribution in [0, 0.1) is 0 Å². The maximum absolute atomic E-state index is 10.8. The number of carbonyl (C=O) groups excluding carboxylic acids is 1.